The van der Waals surface area contributed by atoms with Crippen molar-refractivity contribution in [3.8, 4) is 0 Å². The van der Waals surface area contributed by atoms with Gasteiger partial charge in [0.2, 0.25) is 5.91 Å². The minimum Gasteiger partial charge on any atom is -0.324 e. The number of nitrogens with zero attached hydrogens (tertiary/aromatic N) is 2. The lowest BCUT2D eigenvalue weighted by Crippen LogP contribution is -2.52. The first-order valence-electron chi connectivity index (χ1n) is 9.50. The van der Waals surface area contributed by atoms with Crippen LogP contribution in [0, 0.1) is 0 Å². The Hall–Kier alpha value is -2.65. The Balaban J connectivity index is 1.50. The van der Waals surface area contributed by atoms with E-state index in [1.807, 2.05) is 0 Å². The van der Waals surface area contributed by atoms with Gasteiger partial charge in [-0.05, 0) is 32.0 Å². The van der Waals surface area contributed by atoms with Crippen molar-refractivity contribution in [1.29, 1.82) is 0 Å². The number of hydrogen-bond donors (Lipinski definition) is 3. The number of anilines is 1. The second-order valence-electron chi connectivity index (χ2n) is 7.45. The minimum atomic E-state index is -0.899. The van der Waals surface area contributed by atoms with Gasteiger partial charge in [-0.1, -0.05) is 43.0 Å². The van der Waals surface area contributed by atoms with Crippen LogP contribution in [0.2, 0.25) is 5.02 Å². The van der Waals surface area contributed by atoms with Gasteiger partial charge < -0.3 is 10.6 Å². The van der Waals surface area contributed by atoms with Crippen molar-refractivity contribution < 1.29 is 19.2 Å². The first-order chi connectivity index (χ1) is 13.8. The summed E-state index contributed by atoms with van der Waals surface area (Å²) in [6.07, 6.45) is 3.89. The SMILES string of the molecule is CN(CC(=O)Nc1ccccc1Cl)CC(=O)NN1C(=O)NC2(CCCCC2)C1=O. The van der Waals surface area contributed by atoms with Gasteiger partial charge in [0.1, 0.15) is 5.54 Å². The van der Waals surface area contributed by atoms with Crippen LogP contribution >= 0.6 is 11.6 Å². The number of hydrazine groups is 1. The molecule has 0 atom stereocenters. The maximum atomic E-state index is 12.7. The number of benzene rings is 1. The highest BCUT2D eigenvalue weighted by molar-refractivity contribution is 6.33. The number of carbonyl (C=O) groups excluding carboxylic acids is 4. The van der Waals surface area contributed by atoms with Crippen molar-refractivity contribution in [2.24, 2.45) is 0 Å². The fraction of sp³-hybridized carbons (Fsp3) is 0.474. The van der Waals surface area contributed by atoms with Crippen LogP contribution in [0.1, 0.15) is 32.1 Å². The van der Waals surface area contributed by atoms with Crippen LogP contribution in [0.5, 0.6) is 0 Å². The molecule has 0 radical (unpaired) electrons. The molecule has 1 aromatic carbocycles. The highest BCUT2D eigenvalue weighted by atomic mass is 35.5. The number of imide groups is 1. The third-order valence-corrected chi connectivity index (χ3v) is 5.41. The zero-order chi connectivity index (χ0) is 21.0. The quantitative estimate of drug-likeness (QED) is 0.603. The molecule has 1 saturated heterocycles. The van der Waals surface area contributed by atoms with Gasteiger partial charge in [0.25, 0.3) is 11.8 Å². The van der Waals surface area contributed by atoms with Crippen LogP contribution < -0.4 is 16.1 Å². The Morgan fingerprint density at radius 2 is 1.79 bits per heavy atom. The molecule has 1 aliphatic carbocycles. The minimum absolute atomic E-state index is 0.0667. The molecule has 5 amide bonds. The van der Waals surface area contributed by atoms with Gasteiger partial charge in [-0.2, -0.15) is 5.01 Å². The molecule has 2 aliphatic rings. The van der Waals surface area contributed by atoms with E-state index in [0.717, 1.165) is 24.3 Å². The van der Waals surface area contributed by atoms with Crippen molar-refractivity contribution in [3.05, 3.63) is 29.3 Å². The lowest BCUT2D eigenvalue weighted by molar-refractivity contribution is -0.140. The highest BCUT2D eigenvalue weighted by Crippen LogP contribution is 2.32. The number of likely N-dealkylation sites (N-methyl/N-ethyl adjacent to an activating group) is 1. The van der Waals surface area contributed by atoms with Crippen molar-refractivity contribution >= 4 is 41.0 Å². The number of urea groups is 1. The van der Waals surface area contributed by atoms with E-state index in [9.17, 15) is 19.2 Å². The smallest absolute Gasteiger partial charge is 0.324 e. The number of rotatable bonds is 6. The summed E-state index contributed by atoms with van der Waals surface area (Å²) in [5.74, 6) is -1.33. The standard InChI is InChI=1S/C19H24ClN5O4/c1-24(11-15(26)21-14-8-4-3-7-13(14)20)12-16(27)23-25-17(28)19(22-18(25)29)9-5-2-6-10-19/h3-4,7-8H,2,5-6,9-12H2,1H3,(H,21,26)(H,22,29)(H,23,27). The molecule has 0 unspecified atom stereocenters. The van der Waals surface area contributed by atoms with Crippen LogP contribution in [0.15, 0.2) is 24.3 Å². The number of halogens is 1. The number of para-hydroxylation sites is 1. The van der Waals surface area contributed by atoms with Crippen molar-refractivity contribution in [1.82, 2.24) is 20.7 Å². The maximum absolute atomic E-state index is 12.7. The average molecular weight is 422 g/mol. The first kappa shape index (κ1) is 21.1. The Kier molecular flexibility index (Phi) is 6.39. The fourth-order valence-corrected chi connectivity index (χ4v) is 3.86. The molecule has 9 nitrogen and oxygen atoms in total. The van der Waals surface area contributed by atoms with Crippen LogP contribution in [-0.4, -0.2) is 59.3 Å². The van der Waals surface area contributed by atoms with Crippen LogP contribution in [-0.2, 0) is 14.4 Å². The van der Waals surface area contributed by atoms with Gasteiger partial charge in [-0.3, -0.25) is 24.7 Å². The molecule has 2 fully saturated rings. The van der Waals surface area contributed by atoms with Crippen molar-refractivity contribution in [3.63, 3.8) is 0 Å². The Morgan fingerprint density at radius 1 is 1.14 bits per heavy atom. The fourth-order valence-electron chi connectivity index (χ4n) is 3.67. The molecule has 1 aliphatic heterocycles. The number of amides is 5. The summed E-state index contributed by atoms with van der Waals surface area (Å²) in [6.45, 7) is -0.233. The summed E-state index contributed by atoms with van der Waals surface area (Å²) < 4.78 is 0. The first-order valence-corrected chi connectivity index (χ1v) is 9.88. The van der Waals surface area contributed by atoms with E-state index in [4.69, 9.17) is 11.6 Å². The Morgan fingerprint density at radius 3 is 2.48 bits per heavy atom. The number of carbonyl (C=O) groups is 4. The maximum Gasteiger partial charge on any atom is 0.344 e. The Labute approximate surface area is 173 Å². The summed E-state index contributed by atoms with van der Waals surface area (Å²) in [4.78, 5) is 50.7. The third kappa shape index (κ3) is 4.86. The van der Waals surface area contributed by atoms with Crippen molar-refractivity contribution in [2.45, 2.75) is 37.6 Å². The predicted molar refractivity (Wildman–Crippen MR) is 107 cm³/mol. The second-order valence-corrected chi connectivity index (χ2v) is 7.86. The molecule has 10 heteroatoms. The molecule has 29 heavy (non-hydrogen) atoms. The van der Waals surface area contributed by atoms with E-state index in [1.54, 1.807) is 31.3 Å². The molecular weight excluding hydrogens is 398 g/mol. The number of hydrogen-bond acceptors (Lipinski definition) is 5. The largest absolute Gasteiger partial charge is 0.344 e. The van der Waals surface area contributed by atoms with Gasteiger partial charge in [-0.15, -0.1) is 0 Å². The summed E-state index contributed by atoms with van der Waals surface area (Å²) in [6, 6.07) is 6.21. The van der Waals surface area contributed by atoms with Gasteiger partial charge in [0, 0.05) is 0 Å². The Bertz CT molecular complexity index is 825. The van der Waals surface area contributed by atoms with E-state index in [-0.39, 0.29) is 19.0 Å². The molecule has 156 valence electrons. The molecule has 3 rings (SSSR count). The topological polar surface area (TPSA) is 111 Å². The molecule has 1 heterocycles. The van der Waals surface area contributed by atoms with E-state index in [1.165, 1.54) is 4.90 Å². The highest BCUT2D eigenvalue weighted by Gasteiger charge is 2.52. The molecule has 1 spiro atoms. The third-order valence-electron chi connectivity index (χ3n) is 5.08. The van der Waals surface area contributed by atoms with Gasteiger partial charge in [-0.25, -0.2) is 4.79 Å². The molecule has 0 bridgehead atoms. The molecular formula is C19H24ClN5O4. The summed E-state index contributed by atoms with van der Waals surface area (Å²) in [5.41, 5.74) is 1.93. The predicted octanol–water partition coefficient (Wildman–Crippen LogP) is 1.50. The zero-order valence-corrected chi connectivity index (χ0v) is 16.9. The van der Waals surface area contributed by atoms with E-state index < -0.39 is 23.4 Å². The normalized spacial score (nSPS) is 18.1. The van der Waals surface area contributed by atoms with Crippen molar-refractivity contribution in [2.75, 3.05) is 25.5 Å². The molecule has 0 aromatic heterocycles. The average Bonchev–Trinajstić information content (AvgIpc) is 2.88. The van der Waals surface area contributed by atoms with E-state index in [2.05, 4.69) is 16.1 Å². The molecule has 1 aromatic rings. The van der Waals surface area contributed by atoms with Gasteiger partial charge >= 0.3 is 6.03 Å². The van der Waals surface area contributed by atoms with Crippen LogP contribution in [0.3, 0.4) is 0 Å². The second kappa shape index (κ2) is 8.79. The molecule has 1 saturated carbocycles. The zero-order valence-electron chi connectivity index (χ0n) is 16.2. The lowest BCUT2D eigenvalue weighted by Gasteiger charge is -2.30. The number of nitrogens with one attached hydrogen (secondary N) is 3. The van der Waals surface area contributed by atoms with E-state index >= 15 is 0 Å². The van der Waals surface area contributed by atoms with Gasteiger partial charge in [0.15, 0.2) is 0 Å². The summed E-state index contributed by atoms with van der Waals surface area (Å²) in [5, 5.41) is 6.56. The van der Waals surface area contributed by atoms with Crippen LogP contribution in [0.25, 0.3) is 0 Å². The van der Waals surface area contributed by atoms with E-state index in [0.29, 0.717) is 23.6 Å². The van der Waals surface area contributed by atoms with Gasteiger partial charge in [0.05, 0.1) is 23.8 Å². The summed E-state index contributed by atoms with van der Waals surface area (Å²) in [7, 11) is 1.58. The summed E-state index contributed by atoms with van der Waals surface area (Å²) >= 11 is 6.01. The molecule has 3 N–H and O–H groups in total. The lowest BCUT2D eigenvalue weighted by atomic mass is 9.82. The van der Waals surface area contributed by atoms with Crippen LogP contribution in [0.4, 0.5) is 10.5 Å². The monoisotopic (exact) mass is 421 g/mol.